The standard InChI is InChI=1S/C19H14F4N4OS2/c20-15-6-1-12(19(21,22)23)7-11(15)8-24-18(29)27-14-4-2-13(3-5-14)26-17(28)16-9-30-10-25-16/h1-7,9-10H,8H2,(H,26,28)(H2,24,27,29). The van der Waals surface area contributed by atoms with E-state index in [1.54, 1.807) is 35.2 Å². The molecule has 0 bridgehead atoms. The van der Waals surface area contributed by atoms with E-state index >= 15 is 0 Å². The van der Waals surface area contributed by atoms with Crippen LogP contribution in [0.4, 0.5) is 28.9 Å². The van der Waals surface area contributed by atoms with Crippen LogP contribution in [0, 0.1) is 5.82 Å². The number of aromatic nitrogens is 1. The van der Waals surface area contributed by atoms with Crippen LogP contribution in [0.2, 0.25) is 0 Å². The zero-order valence-corrected chi connectivity index (χ0v) is 16.7. The van der Waals surface area contributed by atoms with E-state index in [0.717, 1.165) is 12.1 Å². The molecule has 3 rings (SSSR count). The van der Waals surface area contributed by atoms with Gasteiger partial charge in [0.05, 0.1) is 11.1 Å². The number of nitrogens with one attached hydrogen (secondary N) is 3. The number of carbonyl (C=O) groups excluding carboxylic acids is 1. The lowest BCUT2D eigenvalue weighted by Crippen LogP contribution is -2.28. The van der Waals surface area contributed by atoms with Crippen molar-refractivity contribution in [3.8, 4) is 0 Å². The zero-order chi connectivity index (χ0) is 21.7. The minimum Gasteiger partial charge on any atom is -0.358 e. The van der Waals surface area contributed by atoms with Crippen molar-refractivity contribution in [2.45, 2.75) is 12.7 Å². The molecule has 1 aromatic heterocycles. The second-order valence-corrected chi connectivity index (χ2v) is 7.14. The SMILES string of the molecule is O=C(Nc1ccc(NC(=S)NCc2cc(C(F)(F)F)ccc2F)cc1)c1cscn1. The summed E-state index contributed by atoms with van der Waals surface area (Å²) in [6.07, 6.45) is -4.56. The Kier molecular flexibility index (Phi) is 6.63. The molecule has 0 aliphatic carbocycles. The molecule has 0 saturated heterocycles. The summed E-state index contributed by atoms with van der Waals surface area (Å²) in [6.45, 7) is -0.219. The molecule has 0 radical (unpaired) electrons. The Morgan fingerprint density at radius 1 is 1.07 bits per heavy atom. The number of carbonyl (C=O) groups is 1. The summed E-state index contributed by atoms with van der Waals surface area (Å²) >= 11 is 6.41. The molecule has 1 heterocycles. The van der Waals surface area contributed by atoms with Gasteiger partial charge in [0.25, 0.3) is 5.91 Å². The van der Waals surface area contributed by atoms with Gasteiger partial charge in [-0.3, -0.25) is 4.79 Å². The molecule has 0 atom stereocenters. The monoisotopic (exact) mass is 454 g/mol. The van der Waals surface area contributed by atoms with Crippen molar-refractivity contribution >= 4 is 45.9 Å². The summed E-state index contributed by atoms with van der Waals surface area (Å²) in [7, 11) is 0. The molecule has 0 spiro atoms. The fourth-order valence-corrected chi connectivity index (χ4v) is 3.12. The van der Waals surface area contributed by atoms with Crippen molar-refractivity contribution in [2.75, 3.05) is 10.6 Å². The van der Waals surface area contributed by atoms with Gasteiger partial charge in [-0.25, -0.2) is 9.37 Å². The van der Waals surface area contributed by atoms with Crippen LogP contribution in [-0.2, 0) is 12.7 Å². The highest BCUT2D eigenvalue weighted by Gasteiger charge is 2.31. The number of hydrogen-bond acceptors (Lipinski definition) is 4. The number of benzene rings is 2. The first-order valence-electron chi connectivity index (χ1n) is 8.42. The summed E-state index contributed by atoms with van der Waals surface area (Å²) in [4.78, 5) is 15.9. The molecule has 1 amide bonds. The van der Waals surface area contributed by atoms with Crippen molar-refractivity contribution < 1.29 is 22.4 Å². The number of thiazole rings is 1. The van der Waals surface area contributed by atoms with Gasteiger partial charge < -0.3 is 16.0 Å². The van der Waals surface area contributed by atoms with Gasteiger partial charge in [0.2, 0.25) is 0 Å². The maximum atomic E-state index is 13.8. The molecule has 0 fully saturated rings. The summed E-state index contributed by atoms with van der Waals surface area (Å²) in [5, 5.41) is 9.93. The topological polar surface area (TPSA) is 66.1 Å². The van der Waals surface area contributed by atoms with E-state index in [9.17, 15) is 22.4 Å². The Balaban J connectivity index is 1.55. The second-order valence-electron chi connectivity index (χ2n) is 6.02. The lowest BCUT2D eigenvalue weighted by atomic mass is 10.1. The fraction of sp³-hybridized carbons (Fsp3) is 0.105. The summed E-state index contributed by atoms with van der Waals surface area (Å²) < 4.78 is 52.1. The smallest absolute Gasteiger partial charge is 0.358 e. The van der Waals surface area contributed by atoms with E-state index in [1.807, 2.05) is 0 Å². The van der Waals surface area contributed by atoms with Gasteiger partial charge in [-0.2, -0.15) is 13.2 Å². The van der Waals surface area contributed by atoms with Crippen molar-refractivity contribution in [2.24, 2.45) is 0 Å². The third kappa shape index (κ3) is 5.74. The number of thiocarbonyl (C=S) groups is 1. The Morgan fingerprint density at radius 3 is 2.33 bits per heavy atom. The Bertz CT molecular complexity index is 1040. The summed E-state index contributed by atoms with van der Waals surface area (Å²) in [5.41, 5.74) is 1.90. The quantitative estimate of drug-likeness (QED) is 0.372. The van der Waals surface area contributed by atoms with Gasteiger partial charge in [-0.1, -0.05) is 0 Å². The zero-order valence-electron chi connectivity index (χ0n) is 15.1. The van der Waals surface area contributed by atoms with Gasteiger partial charge in [-0.15, -0.1) is 11.3 Å². The molecular weight excluding hydrogens is 440 g/mol. The van der Waals surface area contributed by atoms with Crippen molar-refractivity contribution in [3.05, 3.63) is 76.0 Å². The van der Waals surface area contributed by atoms with E-state index < -0.39 is 17.6 Å². The number of halogens is 4. The lowest BCUT2D eigenvalue weighted by molar-refractivity contribution is -0.137. The van der Waals surface area contributed by atoms with Gasteiger partial charge in [0.15, 0.2) is 5.11 Å². The molecule has 0 saturated carbocycles. The van der Waals surface area contributed by atoms with Crippen LogP contribution >= 0.6 is 23.6 Å². The normalized spacial score (nSPS) is 11.1. The van der Waals surface area contributed by atoms with E-state index in [-0.39, 0.29) is 23.1 Å². The third-order valence-corrected chi connectivity index (χ3v) is 4.71. The number of alkyl halides is 3. The van der Waals surface area contributed by atoms with Crippen LogP contribution < -0.4 is 16.0 Å². The molecule has 0 aliphatic heterocycles. The molecule has 0 aliphatic rings. The first-order chi connectivity index (χ1) is 14.2. The number of hydrogen-bond donors (Lipinski definition) is 3. The highest BCUT2D eigenvalue weighted by molar-refractivity contribution is 7.80. The Labute approximate surface area is 178 Å². The average molecular weight is 454 g/mol. The first-order valence-corrected chi connectivity index (χ1v) is 9.77. The Morgan fingerprint density at radius 2 is 1.73 bits per heavy atom. The minimum atomic E-state index is -4.56. The molecule has 0 unspecified atom stereocenters. The predicted molar refractivity (Wildman–Crippen MR) is 111 cm³/mol. The van der Waals surface area contributed by atoms with Crippen LogP contribution in [0.3, 0.4) is 0 Å². The van der Waals surface area contributed by atoms with Gasteiger partial charge in [0, 0.05) is 28.9 Å². The minimum absolute atomic E-state index is 0.103. The van der Waals surface area contributed by atoms with Gasteiger partial charge in [-0.05, 0) is 54.7 Å². The lowest BCUT2D eigenvalue weighted by Gasteiger charge is -2.13. The van der Waals surface area contributed by atoms with Crippen molar-refractivity contribution in [1.82, 2.24) is 10.3 Å². The predicted octanol–water partition coefficient (Wildman–Crippen LogP) is 5.04. The van der Waals surface area contributed by atoms with E-state index in [0.29, 0.717) is 23.1 Å². The van der Waals surface area contributed by atoms with E-state index in [4.69, 9.17) is 12.2 Å². The molecule has 2 aromatic carbocycles. The average Bonchev–Trinajstić information content (AvgIpc) is 3.23. The number of anilines is 2. The van der Waals surface area contributed by atoms with Crippen LogP contribution in [-0.4, -0.2) is 16.0 Å². The van der Waals surface area contributed by atoms with Crippen LogP contribution in [0.15, 0.2) is 53.4 Å². The molecule has 11 heteroatoms. The molecule has 30 heavy (non-hydrogen) atoms. The molecule has 156 valence electrons. The maximum absolute atomic E-state index is 13.8. The largest absolute Gasteiger partial charge is 0.416 e. The van der Waals surface area contributed by atoms with Gasteiger partial charge >= 0.3 is 6.18 Å². The molecule has 5 nitrogen and oxygen atoms in total. The van der Waals surface area contributed by atoms with Crippen LogP contribution in [0.5, 0.6) is 0 Å². The number of nitrogens with zero attached hydrogens (tertiary/aromatic N) is 1. The number of amides is 1. The van der Waals surface area contributed by atoms with Gasteiger partial charge in [0.1, 0.15) is 11.5 Å². The summed E-state index contributed by atoms with van der Waals surface area (Å²) in [6, 6.07) is 8.78. The Hall–Kier alpha value is -3.05. The van der Waals surface area contributed by atoms with Crippen LogP contribution in [0.1, 0.15) is 21.6 Å². The van der Waals surface area contributed by atoms with Crippen molar-refractivity contribution in [3.63, 3.8) is 0 Å². The second kappa shape index (κ2) is 9.18. The number of rotatable bonds is 5. The fourth-order valence-electron chi connectivity index (χ4n) is 2.39. The van der Waals surface area contributed by atoms with E-state index in [2.05, 4.69) is 20.9 Å². The molecular formula is C19H14F4N4OS2. The van der Waals surface area contributed by atoms with Crippen molar-refractivity contribution in [1.29, 1.82) is 0 Å². The highest BCUT2D eigenvalue weighted by Crippen LogP contribution is 2.30. The molecule has 3 N–H and O–H groups in total. The highest BCUT2D eigenvalue weighted by atomic mass is 32.1. The summed E-state index contributed by atoms with van der Waals surface area (Å²) in [5.74, 6) is -1.10. The third-order valence-electron chi connectivity index (χ3n) is 3.88. The first kappa shape index (κ1) is 21.7. The molecule has 3 aromatic rings. The van der Waals surface area contributed by atoms with E-state index in [1.165, 1.54) is 11.3 Å². The maximum Gasteiger partial charge on any atom is 0.416 e. The van der Waals surface area contributed by atoms with Crippen LogP contribution in [0.25, 0.3) is 0 Å².